The number of nitrogens with two attached hydrogens (primary N) is 1. The van der Waals surface area contributed by atoms with Crippen molar-refractivity contribution >= 4 is 8.32 Å². The van der Waals surface area contributed by atoms with Gasteiger partial charge in [0.1, 0.15) is 5.60 Å². The molecule has 124 valence electrons. The van der Waals surface area contributed by atoms with Gasteiger partial charge in [-0.15, -0.1) is 0 Å². The molecular weight excluding hydrogens is 302 g/mol. The second-order valence-corrected chi connectivity index (χ2v) is 11.4. The fourth-order valence-corrected chi connectivity index (χ4v) is 4.17. The Balaban J connectivity index is 2.46. The summed E-state index contributed by atoms with van der Waals surface area (Å²) in [6, 6.07) is 18.6. The third-order valence-electron chi connectivity index (χ3n) is 3.96. The summed E-state index contributed by atoms with van der Waals surface area (Å²) in [5.74, 6) is 0. The lowest BCUT2D eigenvalue weighted by atomic mass is 9.78. The van der Waals surface area contributed by atoms with Gasteiger partial charge >= 0.3 is 0 Å². The molecule has 2 unspecified atom stereocenters. The Hall–Kier alpha value is -1.46. The van der Waals surface area contributed by atoms with Crippen molar-refractivity contribution in [3.8, 4) is 0 Å². The predicted octanol–water partition coefficient (Wildman–Crippen LogP) is 3.49. The number of hydrogen-bond donors (Lipinski definition) is 2. The van der Waals surface area contributed by atoms with E-state index in [0.29, 0.717) is 0 Å². The molecule has 0 heterocycles. The molecule has 0 amide bonds. The molecule has 0 fully saturated rings. The molecule has 0 saturated heterocycles. The van der Waals surface area contributed by atoms with Crippen LogP contribution in [-0.2, 0) is 10.0 Å². The van der Waals surface area contributed by atoms with Crippen molar-refractivity contribution in [1.29, 1.82) is 0 Å². The molecule has 3 N–H and O–H groups in total. The highest BCUT2D eigenvalue weighted by Gasteiger charge is 2.42. The van der Waals surface area contributed by atoms with E-state index in [9.17, 15) is 5.11 Å². The van der Waals surface area contributed by atoms with Gasteiger partial charge in [-0.25, -0.2) is 0 Å². The Morgan fingerprint density at radius 1 is 0.913 bits per heavy atom. The molecule has 0 bridgehead atoms. The van der Waals surface area contributed by atoms with E-state index < -0.39 is 20.0 Å². The number of aliphatic hydroxyl groups is 1. The van der Waals surface area contributed by atoms with Crippen LogP contribution < -0.4 is 5.73 Å². The van der Waals surface area contributed by atoms with E-state index in [1.54, 1.807) is 0 Å². The average Bonchev–Trinajstić information content (AvgIpc) is 2.53. The molecule has 4 heteroatoms. The van der Waals surface area contributed by atoms with Gasteiger partial charge in [0.05, 0.1) is 12.1 Å². The van der Waals surface area contributed by atoms with Gasteiger partial charge in [0.2, 0.25) is 0 Å². The molecular formula is C19H27NO2Si. The first-order valence-electron chi connectivity index (χ1n) is 8.02. The van der Waals surface area contributed by atoms with Crippen LogP contribution in [0.15, 0.2) is 60.7 Å². The zero-order valence-corrected chi connectivity index (χ0v) is 15.4. The minimum atomic E-state index is -1.75. The van der Waals surface area contributed by atoms with E-state index in [2.05, 4.69) is 19.6 Å². The molecule has 23 heavy (non-hydrogen) atoms. The minimum absolute atomic E-state index is 0.257. The van der Waals surface area contributed by atoms with Gasteiger partial charge in [-0.2, -0.15) is 0 Å². The minimum Gasteiger partial charge on any atom is -0.413 e. The van der Waals surface area contributed by atoms with Crippen molar-refractivity contribution in [2.75, 3.05) is 0 Å². The highest BCUT2D eigenvalue weighted by atomic mass is 28.4. The summed E-state index contributed by atoms with van der Waals surface area (Å²) in [4.78, 5) is 0. The Bertz CT molecular complexity index is 571. The van der Waals surface area contributed by atoms with E-state index in [-0.39, 0.29) is 6.10 Å². The summed E-state index contributed by atoms with van der Waals surface area (Å²) >= 11 is 0. The van der Waals surface area contributed by atoms with E-state index in [4.69, 9.17) is 10.2 Å². The van der Waals surface area contributed by atoms with Gasteiger partial charge in [-0.1, -0.05) is 60.7 Å². The molecule has 0 saturated carbocycles. The molecule has 2 atom stereocenters. The molecule has 0 aromatic heterocycles. The summed E-state index contributed by atoms with van der Waals surface area (Å²) in [6.45, 7) is 8.32. The largest absolute Gasteiger partial charge is 0.413 e. The zero-order valence-electron chi connectivity index (χ0n) is 14.4. The predicted molar refractivity (Wildman–Crippen MR) is 97.8 cm³/mol. The normalized spacial score (nSPS) is 15.2. The first kappa shape index (κ1) is 17.9. The van der Waals surface area contributed by atoms with Crippen LogP contribution in [0.1, 0.15) is 18.1 Å². The number of hydrogen-bond acceptors (Lipinski definition) is 3. The summed E-state index contributed by atoms with van der Waals surface area (Å²) in [7, 11) is -1.75. The highest BCUT2D eigenvalue weighted by molar-refractivity contribution is 6.69. The van der Waals surface area contributed by atoms with Crippen molar-refractivity contribution in [3.05, 3.63) is 71.8 Å². The lowest BCUT2D eigenvalue weighted by Gasteiger charge is -2.40. The number of benzene rings is 2. The molecule has 0 spiro atoms. The van der Waals surface area contributed by atoms with E-state index in [1.165, 1.54) is 0 Å². The summed E-state index contributed by atoms with van der Waals surface area (Å²) in [6.07, 6.45) is -0.257. The van der Waals surface area contributed by atoms with Crippen LogP contribution in [0.4, 0.5) is 0 Å². The molecule has 0 radical (unpaired) electrons. The standard InChI is InChI=1S/C19H27NO2Si/c1-15(22-23(2,3)4)18(20)19(21,16-11-7-5-8-12-16)17-13-9-6-10-14-17/h5-15,18,21H,20H2,1-4H3. The van der Waals surface area contributed by atoms with Crippen LogP contribution in [-0.4, -0.2) is 25.6 Å². The number of rotatable bonds is 6. The maximum atomic E-state index is 11.6. The fourth-order valence-electron chi connectivity index (χ4n) is 2.91. The summed E-state index contributed by atoms with van der Waals surface area (Å²) < 4.78 is 6.14. The first-order valence-corrected chi connectivity index (χ1v) is 11.4. The van der Waals surface area contributed by atoms with Crippen molar-refractivity contribution in [2.24, 2.45) is 5.73 Å². The third kappa shape index (κ3) is 4.09. The Morgan fingerprint density at radius 2 is 1.30 bits per heavy atom. The zero-order chi connectivity index (χ0) is 17.1. The fraction of sp³-hybridized carbons (Fsp3) is 0.368. The third-order valence-corrected chi connectivity index (χ3v) is 5.03. The SMILES string of the molecule is CC(O[Si](C)(C)C)C(N)C(O)(c1ccccc1)c1ccccc1. The maximum absolute atomic E-state index is 11.6. The van der Waals surface area contributed by atoms with E-state index >= 15 is 0 Å². The molecule has 0 aliphatic heterocycles. The first-order chi connectivity index (χ1) is 10.7. The van der Waals surface area contributed by atoms with Crippen LogP contribution in [0.25, 0.3) is 0 Å². The van der Waals surface area contributed by atoms with E-state index in [1.807, 2.05) is 67.6 Å². The molecule has 2 aromatic carbocycles. The second-order valence-electron chi connectivity index (χ2n) is 6.96. The van der Waals surface area contributed by atoms with Crippen LogP contribution in [0, 0.1) is 0 Å². The monoisotopic (exact) mass is 329 g/mol. The van der Waals surface area contributed by atoms with Gasteiger partial charge in [-0.3, -0.25) is 0 Å². The molecule has 0 aliphatic carbocycles. The van der Waals surface area contributed by atoms with Crippen LogP contribution in [0.2, 0.25) is 19.6 Å². The second kappa shape index (κ2) is 6.97. The van der Waals surface area contributed by atoms with Crippen LogP contribution in [0.5, 0.6) is 0 Å². The average molecular weight is 330 g/mol. The molecule has 2 rings (SSSR count). The summed E-state index contributed by atoms with van der Waals surface area (Å²) in [5.41, 5.74) is 6.79. The van der Waals surface area contributed by atoms with Gasteiger partial charge in [0.15, 0.2) is 8.32 Å². The maximum Gasteiger partial charge on any atom is 0.184 e. The molecule has 0 aliphatic rings. The van der Waals surface area contributed by atoms with Crippen molar-refractivity contribution in [2.45, 2.75) is 44.3 Å². The lowest BCUT2D eigenvalue weighted by Crippen LogP contribution is -2.55. The quantitative estimate of drug-likeness (QED) is 0.798. The topological polar surface area (TPSA) is 55.5 Å². The highest BCUT2D eigenvalue weighted by Crippen LogP contribution is 2.34. The van der Waals surface area contributed by atoms with Crippen molar-refractivity contribution in [1.82, 2.24) is 0 Å². The van der Waals surface area contributed by atoms with Gasteiger partial charge in [0, 0.05) is 0 Å². The van der Waals surface area contributed by atoms with Crippen molar-refractivity contribution < 1.29 is 9.53 Å². The van der Waals surface area contributed by atoms with Gasteiger partial charge in [-0.05, 0) is 37.7 Å². The molecule has 3 nitrogen and oxygen atoms in total. The smallest absolute Gasteiger partial charge is 0.184 e. The van der Waals surface area contributed by atoms with Gasteiger partial charge in [0.25, 0.3) is 0 Å². The van der Waals surface area contributed by atoms with Crippen molar-refractivity contribution in [3.63, 3.8) is 0 Å². The Labute approximate surface area is 140 Å². The van der Waals surface area contributed by atoms with E-state index in [0.717, 1.165) is 11.1 Å². The van der Waals surface area contributed by atoms with Crippen LogP contribution in [0.3, 0.4) is 0 Å². The Morgan fingerprint density at radius 3 is 1.65 bits per heavy atom. The summed E-state index contributed by atoms with van der Waals surface area (Å²) in [5, 5.41) is 11.6. The Kier molecular flexibility index (Phi) is 5.42. The molecule has 2 aromatic rings. The van der Waals surface area contributed by atoms with Crippen LogP contribution >= 0.6 is 0 Å². The lowest BCUT2D eigenvalue weighted by molar-refractivity contribution is 0.00605. The van der Waals surface area contributed by atoms with Gasteiger partial charge < -0.3 is 15.3 Å².